The number of methoxy groups -OCH3 is 1. The predicted molar refractivity (Wildman–Crippen MR) is 124 cm³/mol. The van der Waals surface area contributed by atoms with E-state index in [4.69, 9.17) is 32.9 Å². The molecule has 154 valence electrons. The number of thiocarbonyl (C=S) groups is 1. The monoisotopic (exact) mass is 486 g/mol. The van der Waals surface area contributed by atoms with Gasteiger partial charge in [-0.15, -0.1) is 6.42 Å². The number of amides is 1. The minimum atomic E-state index is -0.257. The van der Waals surface area contributed by atoms with E-state index in [2.05, 4.69) is 27.2 Å². The molecule has 6 nitrogen and oxygen atoms in total. The predicted octanol–water partition coefficient (Wildman–Crippen LogP) is 4.13. The van der Waals surface area contributed by atoms with Gasteiger partial charge in [0.05, 0.1) is 23.9 Å². The quantitative estimate of drug-likeness (QED) is 0.360. The fraction of sp³-hybridized carbons (Fsp3) is 0.182. The van der Waals surface area contributed by atoms with Crippen molar-refractivity contribution in [3.63, 3.8) is 0 Å². The number of ether oxygens (including phenoxy) is 3. The van der Waals surface area contributed by atoms with Gasteiger partial charge in [-0.3, -0.25) is 9.69 Å². The van der Waals surface area contributed by atoms with Gasteiger partial charge in [0.2, 0.25) is 0 Å². The smallest absolute Gasteiger partial charge is 0.281 e. The normalized spacial score (nSPS) is 14.5. The summed E-state index contributed by atoms with van der Waals surface area (Å²) < 4.78 is 17.0. The Kier molecular flexibility index (Phi) is 6.98. The molecule has 0 aliphatic carbocycles. The number of hydrogen-bond donors (Lipinski definition) is 1. The second-order valence-electron chi connectivity index (χ2n) is 6.08. The van der Waals surface area contributed by atoms with Crippen molar-refractivity contribution in [3.05, 3.63) is 52.1 Å². The lowest BCUT2D eigenvalue weighted by atomic mass is 10.1. The van der Waals surface area contributed by atoms with Gasteiger partial charge < -0.3 is 19.5 Å². The van der Waals surface area contributed by atoms with Crippen molar-refractivity contribution in [2.75, 3.05) is 25.2 Å². The van der Waals surface area contributed by atoms with E-state index < -0.39 is 0 Å². The lowest BCUT2D eigenvalue weighted by molar-refractivity contribution is -0.113. The van der Waals surface area contributed by atoms with Crippen LogP contribution in [-0.4, -0.2) is 31.3 Å². The SMILES string of the molecule is C#CCOc1c(Br)cc(C=C2NC(=S)N(c3ccc(OCC)cc3)C2=O)cc1OC. The van der Waals surface area contributed by atoms with Gasteiger partial charge in [-0.2, -0.15) is 0 Å². The van der Waals surface area contributed by atoms with E-state index in [-0.39, 0.29) is 12.5 Å². The standard InChI is InChI=1S/C22H19BrN2O4S/c1-4-10-29-20-17(23)11-14(13-19(20)27-3)12-18-21(26)25(22(30)24-18)15-6-8-16(9-7-15)28-5-2/h1,6-9,11-13H,5,10H2,2-3H3,(H,24,30). The summed E-state index contributed by atoms with van der Waals surface area (Å²) in [5.41, 5.74) is 1.72. The van der Waals surface area contributed by atoms with Crippen LogP contribution >= 0.6 is 28.1 Å². The molecule has 1 heterocycles. The summed E-state index contributed by atoms with van der Waals surface area (Å²) >= 11 is 8.83. The van der Waals surface area contributed by atoms with Crippen LogP contribution in [0.25, 0.3) is 6.08 Å². The third-order valence-corrected chi connectivity index (χ3v) is 5.02. The summed E-state index contributed by atoms with van der Waals surface area (Å²) in [5, 5.41) is 3.27. The summed E-state index contributed by atoms with van der Waals surface area (Å²) in [5.74, 6) is 3.87. The van der Waals surface area contributed by atoms with E-state index >= 15 is 0 Å². The first-order valence-electron chi connectivity index (χ1n) is 9.02. The van der Waals surface area contributed by atoms with Crippen molar-refractivity contribution in [1.82, 2.24) is 5.32 Å². The lowest BCUT2D eigenvalue weighted by Gasteiger charge is -2.14. The number of halogens is 1. The molecule has 1 saturated heterocycles. The van der Waals surface area contributed by atoms with Crippen LogP contribution in [0.1, 0.15) is 12.5 Å². The molecule has 8 heteroatoms. The first-order valence-corrected chi connectivity index (χ1v) is 10.2. The Labute approximate surface area is 188 Å². The number of terminal acetylenes is 1. The number of carbonyl (C=O) groups is 1. The maximum absolute atomic E-state index is 13.0. The molecule has 30 heavy (non-hydrogen) atoms. The van der Waals surface area contributed by atoms with Crippen LogP contribution in [-0.2, 0) is 4.79 Å². The van der Waals surface area contributed by atoms with Crippen LogP contribution < -0.4 is 24.4 Å². The van der Waals surface area contributed by atoms with Gasteiger partial charge in [0.1, 0.15) is 18.1 Å². The van der Waals surface area contributed by atoms with Crippen LogP contribution in [0.3, 0.4) is 0 Å². The van der Waals surface area contributed by atoms with E-state index in [1.54, 1.807) is 42.5 Å². The summed E-state index contributed by atoms with van der Waals surface area (Å²) in [4.78, 5) is 14.4. The Hall–Kier alpha value is -3.02. The number of benzene rings is 2. The molecule has 0 radical (unpaired) electrons. The molecule has 1 N–H and O–H groups in total. The maximum atomic E-state index is 13.0. The number of nitrogens with one attached hydrogen (secondary N) is 1. The van der Waals surface area contributed by atoms with Crippen LogP contribution in [0, 0.1) is 12.3 Å². The molecule has 1 aliphatic heterocycles. The van der Waals surface area contributed by atoms with E-state index in [0.717, 1.165) is 11.3 Å². The third-order valence-electron chi connectivity index (χ3n) is 4.15. The van der Waals surface area contributed by atoms with Crippen LogP contribution in [0.15, 0.2) is 46.6 Å². The fourth-order valence-corrected chi connectivity index (χ4v) is 3.74. The molecular formula is C22H19BrN2O4S. The van der Waals surface area contributed by atoms with Crippen molar-refractivity contribution in [1.29, 1.82) is 0 Å². The molecule has 0 aromatic heterocycles. The Morgan fingerprint density at radius 1 is 1.27 bits per heavy atom. The molecule has 0 bridgehead atoms. The Morgan fingerprint density at radius 2 is 2.00 bits per heavy atom. The minimum Gasteiger partial charge on any atom is -0.494 e. The van der Waals surface area contributed by atoms with Crippen molar-refractivity contribution in [3.8, 4) is 29.6 Å². The zero-order chi connectivity index (χ0) is 21.7. The Balaban J connectivity index is 1.88. The molecule has 1 aliphatic rings. The van der Waals surface area contributed by atoms with Gasteiger partial charge in [-0.1, -0.05) is 5.92 Å². The van der Waals surface area contributed by atoms with Crippen molar-refractivity contribution >= 4 is 50.9 Å². The third kappa shape index (κ3) is 4.58. The van der Waals surface area contributed by atoms with Crippen molar-refractivity contribution in [2.24, 2.45) is 0 Å². The van der Waals surface area contributed by atoms with Gasteiger partial charge >= 0.3 is 0 Å². The molecule has 1 amide bonds. The zero-order valence-corrected chi connectivity index (χ0v) is 18.8. The van der Waals surface area contributed by atoms with Crippen LogP contribution in [0.5, 0.6) is 17.2 Å². The molecule has 2 aromatic rings. The van der Waals surface area contributed by atoms with Gasteiger partial charge in [-0.05, 0) is 83.1 Å². The van der Waals surface area contributed by atoms with Gasteiger partial charge in [-0.25, -0.2) is 0 Å². The number of carbonyl (C=O) groups excluding carboxylic acids is 1. The lowest BCUT2D eigenvalue weighted by Crippen LogP contribution is -2.30. The molecule has 0 atom stereocenters. The molecule has 0 unspecified atom stereocenters. The van der Waals surface area contributed by atoms with Gasteiger partial charge in [0.25, 0.3) is 5.91 Å². The van der Waals surface area contributed by atoms with E-state index in [1.165, 1.54) is 12.0 Å². The number of anilines is 1. The van der Waals surface area contributed by atoms with E-state index in [1.807, 2.05) is 6.92 Å². The molecule has 0 saturated carbocycles. The van der Waals surface area contributed by atoms with E-state index in [0.29, 0.717) is 39.1 Å². The van der Waals surface area contributed by atoms with E-state index in [9.17, 15) is 4.79 Å². The maximum Gasteiger partial charge on any atom is 0.281 e. The highest BCUT2D eigenvalue weighted by Gasteiger charge is 2.32. The molecule has 2 aromatic carbocycles. The van der Waals surface area contributed by atoms with Gasteiger partial charge in [0.15, 0.2) is 16.6 Å². The van der Waals surface area contributed by atoms with Crippen LogP contribution in [0.4, 0.5) is 5.69 Å². The Morgan fingerprint density at radius 3 is 2.63 bits per heavy atom. The highest BCUT2D eigenvalue weighted by molar-refractivity contribution is 9.10. The Bertz CT molecular complexity index is 1040. The zero-order valence-electron chi connectivity index (χ0n) is 16.4. The molecular weight excluding hydrogens is 468 g/mol. The number of rotatable bonds is 7. The van der Waals surface area contributed by atoms with Crippen molar-refractivity contribution < 1.29 is 19.0 Å². The van der Waals surface area contributed by atoms with Gasteiger partial charge in [0, 0.05) is 0 Å². The highest BCUT2D eigenvalue weighted by Crippen LogP contribution is 2.37. The minimum absolute atomic E-state index is 0.112. The topological polar surface area (TPSA) is 60.0 Å². The molecule has 0 spiro atoms. The largest absolute Gasteiger partial charge is 0.494 e. The first-order chi connectivity index (χ1) is 14.5. The second kappa shape index (κ2) is 9.65. The fourth-order valence-electron chi connectivity index (χ4n) is 2.87. The average molecular weight is 487 g/mol. The number of nitrogens with zero attached hydrogens (tertiary/aromatic N) is 1. The summed E-state index contributed by atoms with van der Waals surface area (Å²) in [6.07, 6.45) is 6.95. The average Bonchev–Trinajstić information content (AvgIpc) is 3.00. The van der Waals surface area contributed by atoms with Crippen molar-refractivity contribution in [2.45, 2.75) is 6.92 Å². The summed E-state index contributed by atoms with van der Waals surface area (Å²) in [6.45, 7) is 2.59. The molecule has 3 rings (SSSR count). The highest BCUT2D eigenvalue weighted by atomic mass is 79.9. The summed E-state index contributed by atoms with van der Waals surface area (Å²) in [7, 11) is 1.53. The number of hydrogen-bond acceptors (Lipinski definition) is 5. The molecule has 1 fully saturated rings. The first kappa shape index (κ1) is 21.7. The summed E-state index contributed by atoms with van der Waals surface area (Å²) in [6, 6.07) is 10.7. The second-order valence-corrected chi connectivity index (χ2v) is 7.32. The van der Waals surface area contributed by atoms with Crippen LogP contribution in [0.2, 0.25) is 0 Å².